The summed E-state index contributed by atoms with van der Waals surface area (Å²) in [5.74, 6) is -0.518. The first-order valence-electron chi connectivity index (χ1n) is 4.41. The van der Waals surface area contributed by atoms with Gasteiger partial charge in [-0.25, -0.2) is 4.99 Å². The highest BCUT2D eigenvalue weighted by molar-refractivity contribution is 5.75. The summed E-state index contributed by atoms with van der Waals surface area (Å²) < 4.78 is 0. The Morgan fingerprint density at radius 3 is 1.81 bits per heavy atom. The fourth-order valence-electron chi connectivity index (χ4n) is 0.943. The third kappa shape index (κ3) is 4.26. The van der Waals surface area contributed by atoms with Crippen molar-refractivity contribution in [3.63, 3.8) is 0 Å². The van der Waals surface area contributed by atoms with Gasteiger partial charge in [-0.1, -0.05) is 0 Å². The normalized spacial score (nSPS) is 20.6. The SMILES string of the molecule is NC(N)=NC(O)[C@H](O)[C@@H](O)[C@H](O)[C@H](O)CO. The lowest BCUT2D eigenvalue weighted by Gasteiger charge is -2.26. The van der Waals surface area contributed by atoms with Gasteiger partial charge in [-0.3, -0.25) is 0 Å². The summed E-state index contributed by atoms with van der Waals surface area (Å²) in [5.41, 5.74) is 9.83. The Morgan fingerprint density at radius 1 is 0.938 bits per heavy atom. The maximum atomic E-state index is 9.29. The van der Waals surface area contributed by atoms with Crippen molar-refractivity contribution in [1.82, 2.24) is 0 Å². The average molecular weight is 239 g/mol. The number of rotatable bonds is 6. The molecule has 0 aromatic carbocycles. The third-order valence-corrected chi connectivity index (χ3v) is 1.87. The van der Waals surface area contributed by atoms with Crippen molar-refractivity contribution in [3.8, 4) is 0 Å². The Bertz CT molecular complexity index is 234. The van der Waals surface area contributed by atoms with Crippen LogP contribution in [0.3, 0.4) is 0 Å². The van der Waals surface area contributed by atoms with E-state index in [1.165, 1.54) is 0 Å². The standard InChI is InChI=1S/C7H17N3O6/c8-7(9)10-6(16)5(15)4(14)3(13)2(12)1-11/h2-6,11-16H,1H2,(H4,8,9,10)/t2-,3-,4+,5-,6?/m1/s1. The molecule has 16 heavy (non-hydrogen) atoms. The zero-order chi connectivity index (χ0) is 12.9. The lowest BCUT2D eigenvalue weighted by atomic mass is 10.0. The van der Waals surface area contributed by atoms with Crippen molar-refractivity contribution in [2.45, 2.75) is 30.6 Å². The molecule has 1 unspecified atom stereocenters. The van der Waals surface area contributed by atoms with E-state index in [1.54, 1.807) is 0 Å². The highest BCUT2D eigenvalue weighted by atomic mass is 16.4. The number of hydrogen-bond donors (Lipinski definition) is 8. The van der Waals surface area contributed by atoms with E-state index in [-0.39, 0.29) is 0 Å². The fraction of sp³-hybridized carbons (Fsp3) is 0.857. The van der Waals surface area contributed by atoms with Gasteiger partial charge in [0.1, 0.15) is 24.4 Å². The molecule has 0 saturated carbocycles. The molecule has 0 aromatic rings. The average Bonchev–Trinajstić information content (AvgIpc) is 2.23. The van der Waals surface area contributed by atoms with E-state index in [9.17, 15) is 15.3 Å². The quantitative estimate of drug-likeness (QED) is 0.167. The summed E-state index contributed by atoms with van der Waals surface area (Å²) in [7, 11) is 0. The fourth-order valence-corrected chi connectivity index (χ4v) is 0.943. The Labute approximate surface area is 91.3 Å². The van der Waals surface area contributed by atoms with E-state index in [2.05, 4.69) is 4.99 Å². The molecule has 0 fully saturated rings. The third-order valence-electron chi connectivity index (χ3n) is 1.87. The van der Waals surface area contributed by atoms with E-state index in [4.69, 9.17) is 26.8 Å². The Kier molecular flexibility index (Phi) is 6.18. The Hall–Kier alpha value is -0.970. The monoisotopic (exact) mass is 239 g/mol. The molecule has 0 radical (unpaired) electrons. The summed E-state index contributed by atoms with van der Waals surface area (Å²) in [5, 5.41) is 54.4. The Balaban J connectivity index is 4.48. The van der Waals surface area contributed by atoms with Gasteiger partial charge in [0.25, 0.3) is 0 Å². The van der Waals surface area contributed by atoms with Crippen molar-refractivity contribution >= 4 is 5.96 Å². The summed E-state index contributed by atoms with van der Waals surface area (Å²) in [6.07, 6.45) is -9.17. The lowest BCUT2D eigenvalue weighted by molar-refractivity contribution is -0.138. The molecule has 5 atom stereocenters. The molecule has 0 aromatic heterocycles. The molecule has 0 bridgehead atoms. The first kappa shape index (κ1) is 15.0. The van der Waals surface area contributed by atoms with Gasteiger partial charge in [0.05, 0.1) is 6.61 Å². The minimum Gasteiger partial charge on any atom is -0.394 e. The molecule has 0 rings (SSSR count). The molecule has 0 aliphatic carbocycles. The molecule has 9 nitrogen and oxygen atoms in total. The number of aliphatic imine (C=N–C) groups is 1. The van der Waals surface area contributed by atoms with Crippen LogP contribution in [0.1, 0.15) is 0 Å². The summed E-state index contributed by atoms with van der Waals surface area (Å²) in [4.78, 5) is 3.13. The first-order valence-corrected chi connectivity index (χ1v) is 4.41. The summed E-state index contributed by atoms with van der Waals surface area (Å²) in [6, 6.07) is 0. The van der Waals surface area contributed by atoms with Crippen LogP contribution >= 0.6 is 0 Å². The van der Waals surface area contributed by atoms with E-state index in [1.807, 2.05) is 0 Å². The molecule has 0 spiro atoms. The van der Waals surface area contributed by atoms with Crippen LogP contribution in [0.2, 0.25) is 0 Å². The largest absolute Gasteiger partial charge is 0.394 e. The molecular formula is C7H17N3O6. The van der Waals surface area contributed by atoms with E-state index in [0.717, 1.165) is 0 Å². The minimum absolute atomic E-state index is 0.518. The predicted molar refractivity (Wildman–Crippen MR) is 52.9 cm³/mol. The van der Waals surface area contributed by atoms with Crippen molar-refractivity contribution in [2.24, 2.45) is 16.5 Å². The van der Waals surface area contributed by atoms with Crippen molar-refractivity contribution in [1.29, 1.82) is 0 Å². The van der Waals surface area contributed by atoms with Gasteiger partial charge in [0.15, 0.2) is 12.2 Å². The smallest absolute Gasteiger partial charge is 0.188 e. The van der Waals surface area contributed by atoms with Gasteiger partial charge < -0.3 is 42.1 Å². The van der Waals surface area contributed by atoms with Crippen LogP contribution in [-0.4, -0.2) is 73.8 Å². The molecule has 0 heterocycles. The molecule has 0 aliphatic heterocycles. The summed E-state index contributed by atoms with van der Waals surface area (Å²) in [6.45, 7) is -0.816. The predicted octanol–water partition coefficient (Wildman–Crippen LogP) is -4.99. The zero-order valence-electron chi connectivity index (χ0n) is 8.38. The second-order valence-electron chi connectivity index (χ2n) is 3.19. The summed E-state index contributed by atoms with van der Waals surface area (Å²) >= 11 is 0. The molecule has 96 valence electrons. The van der Waals surface area contributed by atoms with Crippen LogP contribution in [-0.2, 0) is 0 Å². The highest BCUT2D eigenvalue weighted by Crippen LogP contribution is 2.09. The van der Waals surface area contributed by atoms with Gasteiger partial charge in [-0.15, -0.1) is 0 Å². The van der Waals surface area contributed by atoms with Gasteiger partial charge in [0, 0.05) is 0 Å². The number of nitrogens with zero attached hydrogens (tertiary/aromatic N) is 1. The van der Waals surface area contributed by atoms with E-state index >= 15 is 0 Å². The number of guanidine groups is 1. The van der Waals surface area contributed by atoms with Crippen LogP contribution in [0.15, 0.2) is 4.99 Å². The first-order chi connectivity index (χ1) is 7.31. The molecular weight excluding hydrogens is 222 g/mol. The molecule has 0 amide bonds. The van der Waals surface area contributed by atoms with Crippen molar-refractivity contribution < 1.29 is 30.6 Å². The molecule has 0 aliphatic rings. The number of aliphatic hydroxyl groups is 6. The van der Waals surface area contributed by atoms with E-state index < -0.39 is 43.2 Å². The number of nitrogens with two attached hydrogens (primary N) is 2. The van der Waals surface area contributed by atoms with Gasteiger partial charge >= 0.3 is 0 Å². The highest BCUT2D eigenvalue weighted by Gasteiger charge is 2.33. The van der Waals surface area contributed by atoms with Gasteiger partial charge in [-0.2, -0.15) is 0 Å². The minimum atomic E-state index is -1.92. The number of aliphatic hydroxyl groups excluding tert-OH is 6. The van der Waals surface area contributed by atoms with Crippen molar-refractivity contribution in [2.75, 3.05) is 6.61 Å². The second kappa shape index (κ2) is 6.58. The van der Waals surface area contributed by atoms with Gasteiger partial charge in [-0.05, 0) is 0 Å². The molecule has 9 heteroatoms. The maximum Gasteiger partial charge on any atom is 0.188 e. The van der Waals surface area contributed by atoms with Crippen LogP contribution in [0, 0.1) is 0 Å². The molecule has 0 saturated heterocycles. The van der Waals surface area contributed by atoms with Crippen molar-refractivity contribution in [3.05, 3.63) is 0 Å². The van der Waals surface area contributed by atoms with Crippen LogP contribution in [0.25, 0.3) is 0 Å². The maximum absolute atomic E-state index is 9.29. The van der Waals surface area contributed by atoms with Crippen LogP contribution in [0.5, 0.6) is 0 Å². The topological polar surface area (TPSA) is 186 Å². The lowest BCUT2D eigenvalue weighted by Crippen LogP contribution is -2.50. The zero-order valence-corrected chi connectivity index (χ0v) is 8.38. The van der Waals surface area contributed by atoms with Crippen LogP contribution < -0.4 is 11.5 Å². The van der Waals surface area contributed by atoms with E-state index in [0.29, 0.717) is 0 Å². The van der Waals surface area contributed by atoms with Gasteiger partial charge in [0.2, 0.25) is 0 Å². The number of hydrogen-bond acceptors (Lipinski definition) is 7. The second-order valence-corrected chi connectivity index (χ2v) is 3.19. The van der Waals surface area contributed by atoms with Crippen LogP contribution in [0.4, 0.5) is 0 Å². The molecule has 10 N–H and O–H groups in total. The Morgan fingerprint density at radius 2 is 1.44 bits per heavy atom.